The van der Waals surface area contributed by atoms with Crippen LogP contribution in [0.1, 0.15) is 32.6 Å². The maximum absolute atomic E-state index is 10.1. The predicted molar refractivity (Wildman–Crippen MR) is 104 cm³/mol. The van der Waals surface area contributed by atoms with Gasteiger partial charge in [-0.15, -0.1) is 6.42 Å². The zero-order valence-electron chi connectivity index (χ0n) is 15.2. The van der Waals surface area contributed by atoms with Crippen LogP contribution in [-0.2, 0) is 19.0 Å². The van der Waals surface area contributed by atoms with E-state index < -0.39 is 11.4 Å². The average Bonchev–Trinajstić information content (AvgIpc) is 3.12. The van der Waals surface area contributed by atoms with Gasteiger partial charge in [0.1, 0.15) is 5.57 Å². The van der Waals surface area contributed by atoms with Gasteiger partial charge in [0.15, 0.2) is 18.8 Å². The molecule has 1 heterocycles. The minimum atomic E-state index is -1.21. The molecule has 0 radical (unpaired) electrons. The Morgan fingerprint density at radius 3 is 2.52 bits per heavy atom. The molecule has 1 aliphatic carbocycles. The Balaban J connectivity index is 0.000000345. The predicted octanol–water partition coefficient (Wildman–Crippen LogP) is 3.35. The molecule has 2 rings (SSSR count). The maximum atomic E-state index is 10.1. The van der Waals surface area contributed by atoms with Crippen molar-refractivity contribution in [2.75, 3.05) is 25.2 Å². The number of hydrogen-bond acceptors (Lipinski definition) is 4. The Bertz CT molecular complexity index is 723. The molecule has 0 amide bonds. The summed E-state index contributed by atoms with van der Waals surface area (Å²) >= 11 is 3.10. The Hall–Kier alpha value is -2.29. The van der Waals surface area contributed by atoms with Gasteiger partial charge in [0.2, 0.25) is 0 Å². The fourth-order valence-corrected chi connectivity index (χ4v) is 2.87. The summed E-state index contributed by atoms with van der Waals surface area (Å²) in [5.41, 5.74) is -0.398. The molecule has 1 spiro atoms. The van der Waals surface area contributed by atoms with Crippen molar-refractivity contribution in [1.82, 2.24) is 0 Å². The van der Waals surface area contributed by atoms with Gasteiger partial charge in [-0.2, -0.15) is 0 Å². The second-order valence-electron chi connectivity index (χ2n) is 5.73. The van der Waals surface area contributed by atoms with Crippen LogP contribution in [0.2, 0.25) is 0 Å². The first-order chi connectivity index (χ1) is 13.0. The summed E-state index contributed by atoms with van der Waals surface area (Å²) in [6.07, 6.45) is 9.24. The van der Waals surface area contributed by atoms with Crippen molar-refractivity contribution in [3.05, 3.63) is 34.5 Å². The molecule has 7 heteroatoms. The summed E-state index contributed by atoms with van der Waals surface area (Å²) in [5, 5.41) is 0.619. The molecule has 0 aromatic rings. The largest absolute Gasteiger partial charge is 0.516 e. The lowest BCUT2D eigenvalue weighted by molar-refractivity contribution is -0.161. The molecule has 0 aromatic heterocycles. The third kappa shape index (κ3) is 6.74. The summed E-state index contributed by atoms with van der Waals surface area (Å²) in [7, 11) is 0. The van der Waals surface area contributed by atoms with Crippen LogP contribution in [0.15, 0.2) is 11.6 Å². The zero-order chi connectivity index (χ0) is 20.2. The number of carbonyl (C=O) groups is 1. The van der Waals surface area contributed by atoms with E-state index in [0.29, 0.717) is 37.8 Å². The van der Waals surface area contributed by atoms with Gasteiger partial charge in [0.25, 0.3) is 0 Å². The van der Waals surface area contributed by atoms with Crippen LogP contribution < -0.4 is 0 Å². The van der Waals surface area contributed by atoms with Gasteiger partial charge >= 0.3 is 11.6 Å². The van der Waals surface area contributed by atoms with E-state index in [4.69, 9.17) is 29.0 Å². The second-order valence-corrected chi connectivity index (χ2v) is 6.29. The monoisotopic (exact) mass is 432 g/mol. The summed E-state index contributed by atoms with van der Waals surface area (Å²) in [6.45, 7) is 17.3. The van der Waals surface area contributed by atoms with Gasteiger partial charge in [0, 0.05) is 19.8 Å². The third-order valence-corrected chi connectivity index (χ3v) is 4.30. The first-order valence-electron chi connectivity index (χ1n) is 8.30. The fraction of sp³-hybridized carbons (Fsp3) is 0.550. The van der Waals surface area contributed by atoms with Gasteiger partial charge in [-0.25, -0.2) is 22.8 Å². The molecule has 1 saturated heterocycles. The average molecular weight is 433 g/mol. The first-order valence-corrected chi connectivity index (χ1v) is 9.43. The highest BCUT2D eigenvalue weighted by atomic mass is 79.9. The maximum Gasteiger partial charge on any atom is 0.516 e. The number of nitrogens with zero attached hydrogens (tertiary/aromatic N) is 2. The van der Waals surface area contributed by atoms with Crippen LogP contribution in [-0.4, -0.2) is 42.6 Å². The summed E-state index contributed by atoms with van der Waals surface area (Å²) in [6, 6.07) is 0. The van der Waals surface area contributed by atoms with Crippen LogP contribution >= 0.6 is 15.9 Å². The molecule has 142 valence electrons. The molecule has 0 aromatic carbocycles. The number of alkyl halides is 1. The Morgan fingerprint density at radius 1 is 1.41 bits per heavy atom. The topological polar surface area (TPSA) is 53.5 Å². The number of hydrogen-bond donors (Lipinski definition) is 0. The molecule has 27 heavy (non-hydrogen) atoms. The Morgan fingerprint density at radius 2 is 2.07 bits per heavy atom. The zero-order valence-corrected chi connectivity index (χ0v) is 16.8. The van der Waals surface area contributed by atoms with E-state index >= 15 is 0 Å². The van der Waals surface area contributed by atoms with E-state index in [1.165, 1.54) is 6.92 Å². The normalized spacial score (nSPS) is 16.9. The Labute approximate surface area is 169 Å². The molecule has 0 unspecified atom stereocenters. The number of ether oxygens (including phenoxy) is 3. The molecule has 0 N–H and O–H groups in total. The lowest BCUT2D eigenvalue weighted by Crippen LogP contribution is -2.35. The molecule has 6 nitrogen and oxygen atoms in total. The highest BCUT2D eigenvalue weighted by Crippen LogP contribution is 2.41. The molecule has 0 atom stereocenters. The fourth-order valence-electron chi connectivity index (χ4n) is 2.67. The van der Waals surface area contributed by atoms with Crippen LogP contribution in [0.5, 0.6) is 0 Å². The van der Waals surface area contributed by atoms with Gasteiger partial charge in [-0.3, -0.25) is 4.79 Å². The molecular weight excluding hydrogens is 412 g/mol. The van der Waals surface area contributed by atoms with E-state index in [-0.39, 0.29) is 19.0 Å². The van der Waals surface area contributed by atoms with Crippen molar-refractivity contribution in [1.29, 1.82) is 0 Å². The van der Waals surface area contributed by atoms with Crippen LogP contribution in [0.4, 0.5) is 0 Å². The third-order valence-electron chi connectivity index (χ3n) is 4.02. The molecule has 1 aliphatic heterocycles. The van der Waals surface area contributed by atoms with Crippen LogP contribution in [0, 0.1) is 37.3 Å². The van der Waals surface area contributed by atoms with Crippen molar-refractivity contribution >= 4 is 21.9 Å². The van der Waals surface area contributed by atoms with Gasteiger partial charge in [-0.1, -0.05) is 39.8 Å². The smallest absolute Gasteiger partial charge is 0.453 e. The highest BCUT2D eigenvalue weighted by molar-refractivity contribution is 9.09. The molecule has 1 fully saturated rings. The Kier molecular flexibility index (Phi) is 9.63. The minimum Gasteiger partial charge on any atom is -0.453 e. The number of esters is 1. The van der Waals surface area contributed by atoms with Gasteiger partial charge in [-0.05, 0) is 6.42 Å². The van der Waals surface area contributed by atoms with Gasteiger partial charge < -0.3 is 14.2 Å². The molecule has 0 bridgehead atoms. The molecular formula is C20H21BrN2O4. The van der Waals surface area contributed by atoms with Crippen LogP contribution in [0.25, 0.3) is 9.69 Å². The quantitative estimate of drug-likeness (QED) is 0.225. The van der Waals surface area contributed by atoms with E-state index in [1.807, 2.05) is 6.08 Å². The number of carbonyl (C=O) groups excluding carboxylic acids is 1. The van der Waals surface area contributed by atoms with Gasteiger partial charge in [0.05, 0.1) is 18.5 Å². The number of terminal acetylenes is 1. The lowest BCUT2D eigenvalue weighted by Gasteiger charge is -2.30. The minimum absolute atomic E-state index is 0.139. The first kappa shape index (κ1) is 22.8. The number of rotatable bonds is 3. The second kappa shape index (κ2) is 11.4. The van der Waals surface area contributed by atoms with E-state index in [0.717, 1.165) is 5.57 Å². The summed E-state index contributed by atoms with van der Waals surface area (Å²) < 4.78 is 15.7. The number of halogens is 1. The molecule has 2 aliphatic rings. The van der Waals surface area contributed by atoms with Crippen molar-refractivity contribution in [3.63, 3.8) is 0 Å². The van der Waals surface area contributed by atoms with Crippen molar-refractivity contribution in [2.24, 2.45) is 0 Å². The van der Waals surface area contributed by atoms with E-state index in [1.54, 1.807) is 0 Å². The SMILES string of the molecule is CC(=O)OCC#CCBr.[C-]#[N+]C(CC#C)([N+]#[C-])C1=CCC2(CC1)OCCO2. The summed E-state index contributed by atoms with van der Waals surface area (Å²) in [5.74, 6) is 6.95. The van der Waals surface area contributed by atoms with Crippen LogP contribution in [0.3, 0.4) is 0 Å². The highest BCUT2D eigenvalue weighted by Gasteiger charge is 2.51. The van der Waals surface area contributed by atoms with E-state index in [2.05, 4.69) is 48.1 Å². The van der Waals surface area contributed by atoms with Crippen molar-refractivity contribution < 1.29 is 19.0 Å². The standard InChI is InChI=1S/C14H14N2O2.C6H7BrO2/c1-4-7-14(15-2,16-3)12-5-8-13(9-6-12)17-10-11-18-13;1-6(8)9-5-3-2-4-7/h1,5H,6-11H2;4-5H2,1H3. The summed E-state index contributed by atoms with van der Waals surface area (Å²) in [4.78, 5) is 17.0. The lowest BCUT2D eigenvalue weighted by atomic mass is 9.85. The van der Waals surface area contributed by atoms with E-state index in [9.17, 15) is 4.79 Å². The molecule has 0 saturated carbocycles. The van der Waals surface area contributed by atoms with Crippen molar-refractivity contribution in [2.45, 2.75) is 44.1 Å². The van der Waals surface area contributed by atoms with Crippen molar-refractivity contribution in [3.8, 4) is 24.2 Å².